The van der Waals surface area contributed by atoms with Gasteiger partial charge in [-0.15, -0.1) is 6.58 Å². The number of sulfonamides is 1. The quantitative estimate of drug-likeness (QED) is 0.572. The molecule has 0 aliphatic carbocycles. The van der Waals surface area contributed by atoms with Crippen LogP contribution in [-0.2, 0) is 14.8 Å². The van der Waals surface area contributed by atoms with Gasteiger partial charge in [-0.2, -0.15) is 0 Å². The van der Waals surface area contributed by atoms with Crippen LogP contribution in [0.1, 0.15) is 0 Å². The summed E-state index contributed by atoms with van der Waals surface area (Å²) in [6.45, 7) is 3.46. The van der Waals surface area contributed by atoms with Gasteiger partial charge in [0, 0.05) is 12.2 Å². The van der Waals surface area contributed by atoms with Gasteiger partial charge in [0.05, 0.1) is 4.90 Å². The average molecular weight is 396 g/mol. The van der Waals surface area contributed by atoms with E-state index in [0.29, 0.717) is 11.4 Å². The molecule has 0 unspecified atom stereocenters. The number of carbonyl (C=O) groups excluding carboxylic acids is 1. The Morgan fingerprint density at radius 3 is 2.43 bits per heavy atom. The van der Waals surface area contributed by atoms with Crippen LogP contribution in [0.15, 0.2) is 84.3 Å². The van der Waals surface area contributed by atoms with Gasteiger partial charge in [0.25, 0.3) is 5.91 Å². The van der Waals surface area contributed by atoms with Crippen molar-refractivity contribution in [3.05, 3.63) is 79.4 Å². The number of amides is 1. The summed E-state index contributed by atoms with van der Waals surface area (Å²) < 4.78 is 31.9. The lowest BCUT2D eigenvalue weighted by atomic mass is 10.1. The van der Waals surface area contributed by atoms with Crippen LogP contribution < -0.4 is 14.8 Å². The number of hydrogen-bond donors (Lipinski definition) is 2. The molecule has 0 saturated carbocycles. The number of nitrogens with one attached hydrogen (secondary N) is 2. The summed E-state index contributed by atoms with van der Waals surface area (Å²) in [6, 6.07) is 19.4. The predicted molar refractivity (Wildman–Crippen MR) is 110 cm³/mol. The fraction of sp³-hybridized carbons (Fsp3) is 0.0952. The van der Waals surface area contributed by atoms with Gasteiger partial charge >= 0.3 is 0 Å². The zero-order chi connectivity index (χ0) is 20.0. The van der Waals surface area contributed by atoms with E-state index in [2.05, 4.69) is 16.6 Å². The molecule has 3 aromatic carbocycles. The fourth-order valence-electron chi connectivity index (χ4n) is 2.57. The first-order valence-electron chi connectivity index (χ1n) is 8.60. The third-order valence-corrected chi connectivity index (χ3v) is 5.40. The van der Waals surface area contributed by atoms with Gasteiger partial charge in [-0.3, -0.25) is 4.79 Å². The van der Waals surface area contributed by atoms with Gasteiger partial charge in [0.2, 0.25) is 10.0 Å². The van der Waals surface area contributed by atoms with Gasteiger partial charge in [-0.1, -0.05) is 36.4 Å². The lowest BCUT2D eigenvalue weighted by molar-refractivity contribution is -0.118. The molecule has 0 atom stereocenters. The largest absolute Gasteiger partial charge is 0.484 e. The lowest BCUT2D eigenvalue weighted by Gasteiger charge is -2.09. The third-order valence-electron chi connectivity index (χ3n) is 3.96. The molecule has 0 aliphatic heterocycles. The first-order chi connectivity index (χ1) is 13.5. The zero-order valence-corrected chi connectivity index (χ0v) is 15.9. The van der Waals surface area contributed by atoms with Gasteiger partial charge in [0.15, 0.2) is 6.61 Å². The smallest absolute Gasteiger partial charge is 0.262 e. The molecule has 3 rings (SSSR count). The van der Waals surface area contributed by atoms with E-state index in [4.69, 9.17) is 4.74 Å². The average Bonchev–Trinajstić information content (AvgIpc) is 2.71. The fourth-order valence-corrected chi connectivity index (χ4v) is 3.57. The molecule has 144 valence electrons. The minimum absolute atomic E-state index is 0.111. The molecule has 28 heavy (non-hydrogen) atoms. The highest BCUT2D eigenvalue weighted by atomic mass is 32.2. The van der Waals surface area contributed by atoms with Crippen LogP contribution in [0.25, 0.3) is 10.8 Å². The summed E-state index contributed by atoms with van der Waals surface area (Å²) in [7, 11) is -3.59. The van der Waals surface area contributed by atoms with E-state index in [-0.39, 0.29) is 24.0 Å². The Morgan fingerprint density at radius 2 is 1.71 bits per heavy atom. The number of anilines is 1. The van der Waals surface area contributed by atoms with Gasteiger partial charge in [-0.05, 0) is 47.2 Å². The van der Waals surface area contributed by atoms with Crippen molar-refractivity contribution in [2.24, 2.45) is 0 Å². The highest BCUT2D eigenvalue weighted by Crippen LogP contribution is 2.20. The molecule has 6 nitrogen and oxygen atoms in total. The highest BCUT2D eigenvalue weighted by Gasteiger charge is 2.12. The molecule has 0 fully saturated rings. The number of ether oxygens (including phenoxy) is 1. The SMILES string of the molecule is C=CCNS(=O)(=O)c1ccc(NC(=O)COc2ccc3ccccc3c2)cc1. The first-order valence-corrected chi connectivity index (χ1v) is 10.1. The standard InChI is InChI=1S/C21H20N2O4S/c1-2-13-22-28(25,26)20-11-8-18(9-12-20)23-21(24)15-27-19-10-7-16-5-3-4-6-17(16)14-19/h2-12,14,22H,1,13,15H2,(H,23,24). The van der Waals surface area contributed by atoms with Gasteiger partial charge in [0.1, 0.15) is 5.75 Å². The van der Waals surface area contributed by atoms with Crippen molar-refractivity contribution >= 4 is 32.4 Å². The number of rotatable bonds is 8. The number of fused-ring (bicyclic) bond motifs is 1. The predicted octanol–water partition coefficient (Wildman–Crippen LogP) is 3.32. The Morgan fingerprint density at radius 1 is 1.00 bits per heavy atom. The molecular formula is C21H20N2O4S. The molecular weight excluding hydrogens is 376 g/mol. The van der Waals surface area contributed by atoms with Crippen molar-refractivity contribution in [1.29, 1.82) is 0 Å². The van der Waals surface area contributed by atoms with Crippen LogP contribution in [0, 0.1) is 0 Å². The topological polar surface area (TPSA) is 84.5 Å². The zero-order valence-electron chi connectivity index (χ0n) is 15.1. The van der Waals surface area contributed by atoms with Gasteiger partial charge in [-0.25, -0.2) is 13.1 Å². The van der Waals surface area contributed by atoms with Crippen LogP contribution >= 0.6 is 0 Å². The lowest BCUT2D eigenvalue weighted by Crippen LogP contribution is -2.23. The molecule has 2 N–H and O–H groups in total. The van der Waals surface area contributed by atoms with E-state index >= 15 is 0 Å². The Labute approximate surface area is 163 Å². The molecule has 0 aromatic heterocycles. The molecule has 0 spiro atoms. The summed E-state index contributed by atoms with van der Waals surface area (Å²) in [5, 5.41) is 4.80. The summed E-state index contributed by atoms with van der Waals surface area (Å²) in [5.74, 6) is 0.261. The van der Waals surface area contributed by atoms with Crippen LogP contribution in [0.4, 0.5) is 5.69 Å². The van der Waals surface area contributed by atoms with Crippen LogP contribution in [0.5, 0.6) is 5.75 Å². The van der Waals surface area contributed by atoms with E-state index in [1.165, 1.54) is 30.3 Å². The Hall–Kier alpha value is -3.16. The normalized spacial score (nSPS) is 11.1. The first kappa shape index (κ1) is 19.6. The molecule has 7 heteroatoms. The van der Waals surface area contributed by atoms with Crippen LogP contribution in [0.3, 0.4) is 0 Å². The molecule has 0 aliphatic rings. The summed E-state index contributed by atoms with van der Waals surface area (Å²) in [4.78, 5) is 12.2. The summed E-state index contributed by atoms with van der Waals surface area (Å²) in [5.41, 5.74) is 0.481. The molecule has 0 saturated heterocycles. The van der Waals surface area contributed by atoms with Crippen LogP contribution in [-0.4, -0.2) is 27.5 Å². The van der Waals surface area contributed by atoms with E-state index in [1.807, 2.05) is 42.5 Å². The van der Waals surface area contributed by atoms with E-state index in [0.717, 1.165) is 10.8 Å². The maximum Gasteiger partial charge on any atom is 0.262 e. The second-order valence-electron chi connectivity index (χ2n) is 6.01. The second kappa shape index (κ2) is 8.69. The van der Waals surface area contributed by atoms with E-state index < -0.39 is 10.0 Å². The van der Waals surface area contributed by atoms with E-state index in [1.54, 1.807) is 0 Å². The number of carbonyl (C=O) groups is 1. The Kier molecular flexibility index (Phi) is 6.08. The van der Waals surface area contributed by atoms with Crippen molar-refractivity contribution in [2.75, 3.05) is 18.5 Å². The Bertz CT molecular complexity index is 1090. The number of benzene rings is 3. The van der Waals surface area contributed by atoms with Crippen molar-refractivity contribution in [3.63, 3.8) is 0 Å². The summed E-state index contributed by atoms with van der Waals surface area (Å²) >= 11 is 0. The van der Waals surface area contributed by atoms with Crippen molar-refractivity contribution in [2.45, 2.75) is 4.90 Å². The minimum Gasteiger partial charge on any atom is -0.484 e. The molecule has 0 heterocycles. The van der Waals surface area contributed by atoms with Gasteiger partial charge < -0.3 is 10.1 Å². The third kappa shape index (κ3) is 4.97. The van der Waals surface area contributed by atoms with E-state index in [9.17, 15) is 13.2 Å². The Balaban J connectivity index is 1.57. The maximum atomic E-state index is 12.1. The molecule has 3 aromatic rings. The van der Waals surface area contributed by atoms with Crippen molar-refractivity contribution in [1.82, 2.24) is 4.72 Å². The second-order valence-corrected chi connectivity index (χ2v) is 7.78. The minimum atomic E-state index is -3.59. The molecule has 0 radical (unpaired) electrons. The van der Waals surface area contributed by atoms with Crippen LogP contribution in [0.2, 0.25) is 0 Å². The van der Waals surface area contributed by atoms with Crippen molar-refractivity contribution < 1.29 is 17.9 Å². The monoisotopic (exact) mass is 396 g/mol. The molecule has 1 amide bonds. The maximum absolute atomic E-state index is 12.1. The number of hydrogen-bond acceptors (Lipinski definition) is 4. The van der Waals surface area contributed by atoms with Crippen molar-refractivity contribution in [3.8, 4) is 5.75 Å². The highest BCUT2D eigenvalue weighted by molar-refractivity contribution is 7.89. The molecule has 0 bridgehead atoms. The summed E-state index contributed by atoms with van der Waals surface area (Å²) in [6.07, 6.45) is 1.46.